The molecule has 0 radical (unpaired) electrons. The van der Waals surface area contributed by atoms with Crippen LogP contribution in [-0.2, 0) is 9.53 Å². The van der Waals surface area contributed by atoms with E-state index in [4.69, 9.17) is 18.9 Å². The van der Waals surface area contributed by atoms with Crippen LogP contribution in [0.4, 0.5) is 5.69 Å². The Morgan fingerprint density at radius 2 is 2.00 bits per heavy atom. The van der Waals surface area contributed by atoms with Crippen LogP contribution in [0.25, 0.3) is 0 Å². The zero-order chi connectivity index (χ0) is 13.3. The monoisotopic (exact) mass is 255 g/mol. The predicted molar refractivity (Wildman–Crippen MR) is 60.2 cm³/mol. The van der Waals surface area contributed by atoms with Gasteiger partial charge in [-0.1, -0.05) is 0 Å². The second-order valence-corrected chi connectivity index (χ2v) is 3.48. The molecule has 0 aromatic heterocycles. The van der Waals surface area contributed by atoms with Crippen molar-refractivity contribution in [2.45, 2.75) is 6.29 Å². The lowest BCUT2D eigenvalue weighted by Crippen LogP contribution is -2.45. The lowest BCUT2D eigenvalue weighted by atomic mass is 10.2. The molecule has 7 nitrogen and oxygen atoms in total. The summed E-state index contributed by atoms with van der Waals surface area (Å²) in [4.78, 5) is 11.6. The predicted octanol–water partition coefficient (Wildman–Crippen LogP) is 0.791. The van der Waals surface area contributed by atoms with Crippen LogP contribution < -0.4 is 19.3 Å². The molecule has 0 aliphatic carbocycles. The summed E-state index contributed by atoms with van der Waals surface area (Å²) in [5, 5.41) is 10.2. The van der Waals surface area contributed by atoms with E-state index < -0.39 is 12.2 Å². The molecule has 1 aliphatic heterocycles. The zero-order valence-electron chi connectivity index (χ0n) is 10.2. The molecule has 1 aromatic rings. The molecule has 98 valence electrons. The highest BCUT2D eigenvalue weighted by atomic mass is 16.7. The number of ether oxygens (including phenoxy) is 4. The maximum absolute atomic E-state index is 11.6. The molecule has 1 heterocycles. The summed E-state index contributed by atoms with van der Waals surface area (Å²) in [5.41, 5.74) is 0.172. The fourth-order valence-corrected chi connectivity index (χ4v) is 1.69. The highest BCUT2D eigenvalue weighted by Crippen LogP contribution is 2.46. The lowest BCUT2D eigenvalue weighted by Gasteiger charge is -2.30. The summed E-state index contributed by atoms with van der Waals surface area (Å²) < 4.78 is 20.4. The molecule has 1 unspecified atom stereocenters. The summed E-state index contributed by atoms with van der Waals surface area (Å²) in [6, 6.07) is 3.05. The number of amides is 1. The standard InChI is InChI=1S/C11H13NO6/c1-15-7-5-4-6-8(9(7)16-2)18-11(17-3)10(13)12(6)14/h4-5,11,14H,1-3H3. The molecular weight excluding hydrogens is 242 g/mol. The average molecular weight is 255 g/mol. The van der Waals surface area contributed by atoms with Gasteiger partial charge in [-0.25, -0.2) is 0 Å². The second kappa shape index (κ2) is 4.71. The zero-order valence-corrected chi connectivity index (χ0v) is 10.2. The van der Waals surface area contributed by atoms with Crippen molar-refractivity contribution in [2.75, 3.05) is 26.4 Å². The van der Waals surface area contributed by atoms with Crippen molar-refractivity contribution in [3.05, 3.63) is 12.1 Å². The highest BCUT2D eigenvalue weighted by molar-refractivity contribution is 5.98. The van der Waals surface area contributed by atoms with Gasteiger partial charge in [0.25, 0.3) is 6.29 Å². The Balaban J connectivity index is 2.56. The Bertz CT molecular complexity index is 475. The number of fused-ring (bicyclic) bond motifs is 1. The van der Waals surface area contributed by atoms with Crippen molar-refractivity contribution < 1.29 is 28.9 Å². The second-order valence-electron chi connectivity index (χ2n) is 3.48. The highest BCUT2D eigenvalue weighted by Gasteiger charge is 2.37. The van der Waals surface area contributed by atoms with Crippen LogP contribution in [0.3, 0.4) is 0 Å². The normalized spacial score (nSPS) is 18.1. The van der Waals surface area contributed by atoms with E-state index in [9.17, 15) is 10.0 Å². The summed E-state index contributed by atoms with van der Waals surface area (Å²) in [6.07, 6.45) is -1.22. The minimum atomic E-state index is -1.22. The molecule has 0 saturated carbocycles. The minimum absolute atomic E-state index is 0.172. The van der Waals surface area contributed by atoms with Crippen LogP contribution in [0.5, 0.6) is 17.2 Å². The van der Waals surface area contributed by atoms with Crippen LogP contribution in [0.15, 0.2) is 12.1 Å². The molecule has 1 N–H and O–H groups in total. The van der Waals surface area contributed by atoms with Crippen LogP contribution in [0, 0.1) is 0 Å². The Morgan fingerprint density at radius 3 is 2.56 bits per heavy atom. The Morgan fingerprint density at radius 1 is 1.28 bits per heavy atom. The molecule has 1 amide bonds. The first kappa shape index (κ1) is 12.5. The summed E-state index contributed by atoms with van der Waals surface area (Å²) in [6.45, 7) is 0. The number of hydroxylamine groups is 1. The number of nitrogens with zero attached hydrogens (tertiary/aromatic N) is 1. The molecule has 0 spiro atoms. The SMILES string of the molecule is COc1ccc2c(c1OC)OC(OC)C(=O)N2O. The first-order valence-electron chi connectivity index (χ1n) is 5.11. The van der Waals surface area contributed by atoms with Crippen molar-refractivity contribution in [3.63, 3.8) is 0 Å². The van der Waals surface area contributed by atoms with Gasteiger partial charge in [-0.3, -0.25) is 10.0 Å². The van der Waals surface area contributed by atoms with E-state index in [1.54, 1.807) is 6.07 Å². The molecular formula is C11H13NO6. The van der Waals surface area contributed by atoms with E-state index in [1.807, 2.05) is 0 Å². The molecule has 1 aliphatic rings. The number of hydrogen-bond acceptors (Lipinski definition) is 6. The molecule has 7 heteroatoms. The van der Waals surface area contributed by atoms with E-state index in [2.05, 4.69) is 0 Å². The topological polar surface area (TPSA) is 77.5 Å². The van der Waals surface area contributed by atoms with Gasteiger partial charge in [-0.15, -0.1) is 0 Å². The molecule has 18 heavy (non-hydrogen) atoms. The summed E-state index contributed by atoms with van der Waals surface area (Å²) in [7, 11) is 4.21. The van der Waals surface area contributed by atoms with Gasteiger partial charge in [0.05, 0.1) is 14.2 Å². The van der Waals surface area contributed by atoms with Gasteiger partial charge in [0.2, 0.25) is 5.75 Å². The van der Waals surface area contributed by atoms with Crippen LogP contribution in [0.2, 0.25) is 0 Å². The fourth-order valence-electron chi connectivity index (χ4n) is 1.69. The number of hydrogen-bond donors (Lipinski definition) is 1. The fraction of sp³-hybridized carbons (Fsp3) is 0.364. The molecule has 0 bridgehead atoms. The largest absolute Gasteiger partial charge is 0.493 e. The van der Waals surface area contributed by atoms with Gasteiger partial charge in [-0.2, -0.15) is 5.06 Å². The average Bonchev–Trinajstić information content (AvgIpc) is 2.41. The smallest absolute Gasteiger partial charge is 0.320 e. The van der Waals surface area contributed by atoms with E-state index in [0.717, 1.165) is 0 Å². The van der Waals surface area contributed by atoms with Gasteiger partial charge in [-0.05, 0) is 12.1 Å². The van der Waals surface area contributed by atoms with Gasteiger partial charge < -0.3 is 18.9 Å². The lowest BCUT2D eigenvalue weighted by molar-refractivity contribution is -0.153. The van der Waals surface area contributed by atoms with E-state index in [1.165, 1.54) is 27.4 Å². The first-order chi connectivity index (χ1) is 8.63. The van der Waals surface area contributed by atoms with Crippen molar-refractivity contribution in [2.24, 2.45) is 0 Å². The number of anilines is 1. The van der Waals surface area contributed by atoms with Gasteiger partial charge >= 0.3 is 5.91 Å². The quantitative estimate of drug-likeness (QED) is 0.805. The van der Waals surface area contributed by atoms with Gasteiger partial charge in [0.1, 0.15) is 5.69 Å². The van der Waals surface area contributed by atoms with Gasteiger partial charge in [0, 0.05) is 7.11 Å². The number of rotatable bonds is 3. The van der Waals surface area contributed by atoms with Crippen LogP contribution >= 0.6 is 0 Å². The van der Waals surface area contributed by atoms with Crippen molar-refractivity contribution in [3.8, 4) is 17.2 Å². The third-order valence-electron chi connectivity index (χ3n) is 2.56. The summed E-state index contributed by atoms with van der Waals surface area (Å²) in [5.74, 6) is 0.181. The summed E-state index contributed by atoms with van der Waals surface area (Å²) >= 11 is 0. The van der Waals surface area contributed by atoms with Crippen LogP contribution in [0.1, 0.15) is 0 Å². The minimum Gasteiger partial charge on any atom is -0.493 e. The Hall–Kier alpha value is -1.99. The number of benzene rings is 1. The maximum Gasteiger partial charge on any atom is 0.320 e. The number of carbonyl (C=O) groups excluding carboxylic acids is 1. The van der Waals surface area contributed by atoms with E-state index in [0.29, 0.717) is 10.8 Å². The van der Waals surface area contributed by atoms with Crippen molar-refractivity contribution >= 4 is 11.6 Å². The van der Waals surface area contributed by atoms with E-state index in [-0.39, 0.29) is 17.2 Å². The third-order valence-corrected chi connectivity index (χ3v) is 2.56. The maximum atomic E-state index is 11.6. The molecule has 1 atom stereocenters. The Kier molecular flexibility index (Phi) is 3.26. The van der Waals surface area contributed by atoms with E-state index >= 15 is 0 Å². The van der Waals surface area contributed by atoms with Crippen LogP contribution in [-0.4, -0.2) is 38.7 Å². The molecule has 1 aromatic carbocycles. The number of methoxy groups -OCH3 is 3. The number of carbonyl (C=O) groups is 1. The molecule has 0 fully saturated rings. The third kappa shape index (κ3) is 1.73. The van der Waals surface area contributed by atoms with Gasteiger partial charge in [0.15, 0.2) is 11.5 Å². The van der Waals surface area contributed by atoms with Crippen molar-refractivity contribution in [1.29, 1.82) is 0 Å². The molecule has 0 saturated heterocycles. The first-order valence-corrected chi connectivity index (χ1v) is 5.11. The Labute approximate surface area is 103 Å². The molecule has 2 rings (SSSR count). The van der Waals surface area contributed by atoms with Crippen molar-refractivity contribution in [1.82, 2.24) is 0 Å².